The van der Waals surface area contributed by atoms with Gasteiger partial charge in [-0.15, -0.1) is 11.3 Å². The van der Waals surface area contributed by atoms with Gasteiger partial charge in [-0.25, -0.2) is 14.6 Å². The summed E-state index contributed by atoms with van der Waals surface area (Å²) in [5.74, 6) is 0.805. The van der Waals surface area contributed by atoms with Crippen LogP contribution in [0.4, 0.5) is 0 Å². The SMILES string of the molecule is C/C=C(\CC)n1cc(C)c2nc(-c3sc(-c4ncnn4C)cc3Cl)c(C)cc21. The molecule has 0 saturated carbocycles. The highest BCUT2D eigenvalue weighted by Crippen LogP contribution is 2.41. The van der Waals surface area contributed by atoms with Crippen molar-refractivity contribution in [1.29, 1.82) is 0 Å². The molecule has 0 bridgehead atoms. The van der Waals surface area contributed by atoms with Crippen molar-refractivity contribution in [3.8, 4) is 21.3 Å². The van der Waals surface area contributed by atoms with Crippen LogP contribution in [0.15, 0.2) is 30.7 Å². The highest BCUT2D eigenvalue weighted by atomic mass is 35.5. The van der Waals surface area contributed by atoms with Crippen LogP contribution in [-0.2, 0) is 7.05 Å². The molecule has 0 spiro atoms. The molecule has 0 N–H and O–H groups in total. The molecule has 0 aliphatic carbocycles. The normalized spacial score (nSPS) is 12.3. The molecule has 7 heteroatoms. The van der Waals surface area contributed by atoms with Crippen molar-refractivity contribution in [3.63, 3.8) is 0 Å². The van der Waals surface area contributed by atoms with Crippen LogP contribution in [0.5, 0.6) is 0 Å². The molecule has 0 fully saturated rings. The van der Waals surface area contributed by atoms with E-state index in [-0.39, 0.29) is 0 Å². The monoisotopic (exact) mass is 411 g/mol. The zero-order valence-corrected chi connectivity index (χ0v) is 18.2. The van der Waals surface area contributed by atoms with E-state index in [0.29, 0.717) is 5.02 Å². The molecule has 4 aromatic heterocycles. The van der Waals surface area contributed by atoms with Crippen LogP contribution < -0.4 is 0 Å². The molecule has 0 atom stereocenters. The molecular weight excluding hydrogens is 390 g/mol. The summed E-state index contributed by atoms with van der Waals surface area (Å²) in [4.78, 5) is 11.3. The average molecular weight is 412 g/mol. The Morgan fingerprint density at radius 2 is 2.04 bits per heavy atom. The molecule has 4 aromatic rings. The quantitative estimate of drug-likeness (QED) is 0.407. The Balaban J connectivity index is 1.89. The van der Waals surface area contributed by atoms with Crippen molar-refractivity contribution in [2.24, 2.45) is 7.05 Å². The summed E-state index contributed by atoms with van der Waals surface area (Å²) in [5.41, 5.74) is 6.60. The lowest BCUT2D eigenvalue weighted by Crippen LogP contribution is -1.95. The van der Waals surface area contributed by atoms with Crippen LogP contribution in [-0.4, -0.2) is 24.3 Å². The number of aryl methyl sites for hydroxylation is 3. The molecule has 0 aliphatic rings. The van der Waals surface area contributed by atoms with Gasteiger partial charge in [-0.3, -0.25) is 0 Å². The second-order valence-electron chi connectivity index (χ2n) is 6.83. The fourth-order valence-electron chi connectivity index (χ4n) is 3.54. The smallest absolute Gasteiger partial charge is 0.167 e. The van der Waals surface area contributed by atoms with E-state index in [1.165, 1.54) is 5.70 Å². The fraction of sp³-hybridized carbons (Fsp3) is 0.286. The summed E-state index contributed by atoms with van der Waals surface area (Å²) in [6.45, 7) is 8.45. The van der Waals surface area contributed by atoms with Crippen molar-refractivity contribution in [1.82, 2.24) is 24.3 Å². The van der Waals surface area contributed by atoms with Crippen LogP contribution in [0.25, 0.3) is 38.0 Å². The maximum atomic E-state index is 6.61. The predicted octanol–water partition coefficient (Wildman–Crippen LogP) is 6.10. The summed E-state index contributed by atoms with van der Waals surface area (Å²) < 4.78 is 4.00. The summed E-state index contributed by atoms with van der Waals surface area (Å²) in [6, 6.07) is 4.16. The second kappa shape index (κ2) is 7.18. The molecule has 0 unspecified atom stereocenters. The Morgan fingerprint density at radius 1 is 1.25 bits per heavy atom. The molecule has 28 heavy (non-hydrogen) atoms. The minimum atomic E-state index is 0.692. The Bertz CT molecular complexity index is 1210. The number of rotatable bonds is 4. The van der Waals surface area contributed by atoms with E-state index in [1.54, 1.807) is 22.3 Å². The fourth-order valence-corrected chi connectivity index (χ4v) is 5.05. The van der Waals surface area contributed by atoms with Crippen molar-refractivity contribution >= 4 is 39.7 Å². The summed E-state index contributed by atoms with van der Waals surface area (Å²) in [7, 11) is 1.88. The Morgan fingerprint density at radius 3 is 2.68 bits per heavy atom. The van der Waals surface area contributed by atoms with E-state index in [4.69, 9.17) is 16.6 Å². The predicted molar refractivity (Wildman–Crippen MR) is 118 cm³/mol. The molecule has 0 aromatic carbocycles. The number of aromatic nitrogens is 5. The third-order valence-corrected chi connectivity index (χ3v) is 6.54. The van der Waals surface area contributed by atoms with Crippen LogP contribution >= 0.6 is 22.9 Å². The zero-order chi connectivity index (χ0) is 20.0. The highest BCUT2D eigenvalue weighted by molar-refractivity contribution is 7.19. The van der Waals surface area contributed by atoms with E-state index in [1.807, 2.05) is 13.1 Å². The van der Waals surface area contributed by atoms with Gasteiger partial charge >= 0.3 is 0 Å². The third-order valence-electron chi connectivity index (χ3n) is 4.99. The molecule has 144 valence electrons. The van der Waals surface area contributed by atoms with Gasteiger partial charge in [0.1, 0.15) is 6.33 Å². The number of hydrogen-bond acceptors (Lipinski definition) is 4. The molecule has 0 saturated heterocycles. The van der Waals surface area contributed by atoms with E-state index in [2.05, 4.69) is 60.7 Å². The Kier molecular flexibility index (Phi) is 4.85. The Hall–Kier alpha value is -2.44. The first-order valence-electron chi connectivity index (χ1n) is 9.23. The van der Waals surface area contributed by atoms with Crippen LogP contribution in [0.1, 0.15) is 31.4 Å². The van der Waals surface area contributed by atoms with Crippen LogP contribution in [0, 0.1) is 13.8 Å². The summed E-state index contributed by atoms with van der Waals surface area (Å²) in [6.07, 6.45) is 6.85. The molecule has 4 rings (SSSR count). The van der Waals surface area contributed by atoms with Gasteiger partial charge in [0.05, 0.1) is 31.5 Å². The minimum Gasteiger partial charge on any atom is -0.319 e. The molecular formula is C21H22ClN5S. The second-order valence-corrected chi connectivity index (χ2v) is 8.29. The van der Waals surface area contributed by atoms with Gasteiger partial charge in [0, 0.05) is 18.9 Å². The van der Waals surface area contributed by atoms with Crippen molar-refractivity contribution in [3.05, 3.63) is 46.9 Å². The van der Waals surface area contributed by atoms with E-state index >= 15 is 0 Å². The van der Waals surface area contributed by atoms with E-state index in [9.17, 15) is 0 Å². The molecule has 0 radical (unpaired) electrons. The number of thiophene rings is 1. The number of fused-ring (bicyclic) bond motifs is 1. The molecule has 0 amide bonds. The van der Waals surface area contributed by atoms with E-state index in [0.717, 1.165) is 49.9 Å². The number of allylic oxidation sites excluding steroid dienone is 2. The van der Waals surface area contributed by atoms with Gasteiger partial charge in [0.2, 0.25) is 0 Å². The minimum absolute atomic E-state index is 0.692. The Labute approximate surface area is 173 Å². The van der Waals surface area contributed by atoms with Crippen LogP contribution in [0.2, 0.25) is 5.02 Å². The van der Waals surface area contributed by atoms with Gasteiger partial charge in [-0.05, 0) is 50.5 Å². The number of nitrogens with zero attached hydrogens (tertiary/aromatic N) is 5. The maximum absolute atomic E-state index is 6.61. The summed E-state index contributed by atoms with van der Waals surface area (Å²) in [5, 5.41) is 4.85. The number of halogens is 1. The first kappa shape index (κ1) is 18.9. The first-order valence-corrected chi connectivity index (χ1v) is 10.4. The lowest BCUT2D eigenvalue weighted by atomic mass is 10.1. The van der Waals surface area contributed by atoms with Gasteiger partial charge in [0.15, 0.2) is 5.82 Å². The lowest BCUT2D eigenvalue weighted by Gasteiger charge is -2.10. The van der Waals surface area contributed by atoms with E-state index < -0.39 is 0 Å². The van der Waals surface area contributed by atoms with Gasteiger partial charge in [-0.1, -0.05) is 24.6 Å². The van der Waals surface area contributed by atoms with Gasteiger partial charge in [-0.2, -0.15) is 5.10 Å². The lowest BCUT2D eigenvalue weighted by molar-refractivity contribution is 0.776. The van der Waals surface area contributed by atoms with Crippen LogP contribution in [0.3, 0.4) is 0 Å². The third kappa shape index (κ3) is 2.97. The first-order chi connectivity index (χ1) is 13.4. The molecule has 0 aliphatic heterocycles. The standard InChI is InChI=1S/C21H22ClN5S/c1-6-14(7-2)27-10-13(4)18-16(27)8-12(3)19(25-18)20-15(22)9-17(28-20)21-23-11-24-26(21)5/h6,8-11H,7H2,1-5H3/b14-6+. The zero-order valence-electron chi connectivity index (χ0n) is 16.6. The van der Waals surface area contributed by atoms with Crippen molar-refractivity contribution in [2.45, 2.75) is 34.1 Å². The largest absolute Gasteiger partial charge is 0.319 e. The number of hydrogen-bond donors (Lipinski definition) is 0. The van der Waals surface area contributed by atoms with Gasteiger partial charge < -0.3 is 4.57 Å². The maximum Gasteiger partial charge on any atom is 0.167 e. The van der Waals surface area contributed by atoms with Crippen molar-refractivity contribution < 1.29 is 0 Å². The average Bonchev–Trinajstić information content (AvgIpc) is 3.34. The molecule has 4 heterocycles. The molecule has 5 nitrogen and oxygen atoms in total. The van der Waals surface area contributed by atoms with Gasteiger partial charge in [0.25, 0.3) is 0 Å². The highest BCUT2D eigenvalue weighted by Gasteiger charge is 2.19. The topological polar surface area (TPSA) is 48.5 Å². The van der Waals surface area contributed by atoms with Crippen molar-refractivity contribution in [2.75, 3.05) is 0 Å². The number of pyridine rings is 1. The summed E-state index contributed by atoms with van der Waals surface area (Å²) >= 11 is 8.21.